The molecule has 3 aromatic heterocycles. The van der Waals surface area contributed by atoms with Crippen LogP contribution in [0.25, 0.3) is 89.7 Å². The van der Waals surface area contributed by atoms with E-state index in [0.29, 0.717) is 17.5 Å². The Hall–Kier alpha value is -6.92. The number of aromatic nitrogens is 6. The maximum absolute atomic E-state index is 5.14. The molecule has 9 aromatic rings. The van der Waals surface area contributed by atoms with Gasteiger partial charge in [0.15, 0.2) is 17.5 Å². The van der Waals surface area contributed by atoms with Gasteiger partial charge in [0, 0.05) is 45.0 Å². The number of para-hydroxylation sites is 3. The smallest absolute Gasteiger partial charge is 0.164 e. The van der Waals surface area contributed by atoms with Gasteiger partial charge in [0.25, 0.3) is 0 Å². The number of benzene rings is 6. The Balaban J connectivity index is 1.12. The minimum atomic E-state index is 0.604. The Bertz CT molecular complexity index is 2560. The lowest BCUT2D eigenvalue weighted by Gasteiger charge is -2.12. The highest BCUT2D eigenvalue weighted by Gasteiger charge is 2.16. The predicted octanol–water partition coefficient (Wildman–Crippen LogP) is 10.4. The van der Waals surface area contributed by atoms with Crippen molar-refractivity contribution in [3.63, 3.8) is 0 Å². The Morgan fingerprint density at radius 1 is 0.300 bits per heavy atom. The van der Waals surface area contributed by atoms with Crippen LogP contribution in [0.15, 0.2) is 170 Å². The first kappa shape index (κ1) is 29.2. The summed E-state index contributed by atoms with van der Waals surface area (Å²) >= 11 is 0. The molecule has 0 aliphatic rings. The van der Waals surface area contributed by atoms with Crippen LogP contribution in [0, 0.1) is 0 Å². The Labute approximate surface area is 288 Å². The number of pyridine rings is 1. The molecule has 0 amide bonds. The zero-order valence-corrected chi connectivity index (χ0v) is 26.8. The molecule has 6 heteroatoms. The zero-order chi connectivity index (χ0) is 33.3. The molecule has 0 aliphatic carbocycles. The molecule has 0 spiro atoms. The lowest BCUT2D eigenvalue weighted by molar-refractivity contribution is 1.07. The number of hydrogen-bond donors (Lipinski definition) is 0. The van der Waals surface area contributed by atoms with Crippen molar-refractivity contribution in [3.05, 3.63) is 170 Å². The van der Waals surface area contributed by atoms with Crippen LogP contribution in [0.1, 0.15) is 0 Å². The van der Waals surface area contributed by atoms with E-state index in [4.69, 9.17) is 24.9 Å². The molecule has 0 N–H and O–H groups in total. The van der Waals surface area contributed by atoms with Crippen molar-refractivity contribution in [2.75, 3.05) is 0 Å². The molecule has 0 saturated carbocycles. The summed E-state index contributed by atoms with van der Waals surface area (Å²) in [6.07, 6.45) is 1.84. The summed E-state index contributed by atoms with van der Waals surface area (Å²) in [6.45, 7) is 0. The van der Waals surface area contributed by atoms with Gasteiger partial charge in [0.2, 0.25) is 0 Å². The number of nitrogens with zero attached hydrogens (tertiary/aromatic N) is 6. The van der Waals surface area contributed by atoms with Crippen LogP contribution in [0.2, 0.25) is 0 Å². The van der Waals surface area contributed by atoms with E-state index in [1.165, 1.54) is 0 Å². The molecule has 50 heavy (non-hydrogen) atoms. The quantitative estimate of drug-likeness (QED) is 0.180. The summed E-state index contributed by atoms with van der Waals surface area (Å²) in [5, 5.41) is 1.12. The van der Waals surface area contributed by atoms with Gasteiger partial charge in [-0.05, 0) is 23.8 Å². The molecule has 234 valence electrons. The largest absolute Gasteiger partial charge is 0.256 e. The normalized spacial score (nSPS) is 11.2. The van der Waals surface area contributed by atoms with Crippen LogP contribution in [0.4, 0.5) is 0 Å². The first-order valence-electron chi connectivity index (χ1n) is 16.5. The molecule has 0 aliphatic heterocycles. The van der Waals surface area contributed by atoms with Crippen molar-refractivity contribution in [1.82, 2.24) is 29.9 Å². The fourth-order valence-corrected chi connectivity index (χ4v) is 6.26. The van der Waals surface area contributed by atoms with Crippen molar-refractivity contribution in [3.8, 4) is 67.8 Å². The Morgan fingerprint density at radius 2 is 0.740 bits per heavy atom. The van der Waals surface area contributed by atoms with Gasteiger partial charge in [-0.15, -0.1) is 0 Å². The van der Waals surface area contributed by atoms with Crippen LogP contribution < -0.4 is 0 Å². The molecule has 6 nitrogen and oxygen atoms in total. The van der Waals surface area contributed by atoms with Crippen LogP contribution >= 0.6 is 0 Å². The van der Waals surface area contributed by atoms with Gasteiger partial charge in [-0.3, -0.25) is 4.98 Å². The van der Waals surface area contributed by atoms with Crippen molar-refractivity contribution >= 4 is 21.9 Å². The molecular formula is C44H28N6. The van der Waals surface area contributed by atoms with Crippen molar-refractivity contribution in [2.24, 2.45) is 0 Å². The summed E-state index contributed by atoms with van der Waals surface area (Å²) in [4.78, 5) is 29.6. The van der Waals surface area contributed by atoms with Gasteiger partial charge in [0.1, 0.15) is 0 Å². The van der Waals surface area contributed by atoms with Gasteiger partial charge in [-0.25, -0.2) is 24.9 Å². The second kappa shape index (κ2) is 12.6. The molecule has 0 fully saturated rings. The first-order chi connectivity index (χ1) is 24.8. The fourth-order valence-electron chi connectivity index (χ4n) is 6.26. The molecule has 0 saturated heterocycles. The SMILES string of the molecule is c1ccc(-c2nc(-c3ccccc3)nc(-c3ccc(-c4nc5ccccc5nc4-c4ccc(-c5cccc6cccnc56)cc4)cc3)n2)cc1. The molecular weight excluding hydrogens is 613 g/mol. The van der Waals surface area contributed by atoms with E-state index in [1.807, 2.05) is 109 Å². The van der Waals surface area contributed by atoms with Gasteiger partial charge < -0.3 is 0 Å². The average Bonchev–Trinajstić information content (AvgIpc) is 3.21. The molecule has 0 atom stereocenters. The maximum Gasteiger partial charge on any atom is 0.164 e. The minimum Gasteiger partial charge on any atom is -0.256 e. The lowest BCUT2D eigenvalue weighted by Crippen LogP contribution is -2.00. The third-order valence-electron chi connectivity index (χ3n) is 8.79. The molecule has 9 rings (SSSR count). The summed E-state index contributed by atoms with van der Waals surface area (Å²) in [5.41, 5.74) is 11.2. The maximum atomic E-state index is 5.14. The van der Waals surface area contributed by atoms with E-state index in [-0.39, 0.29) is 0 Å². The van der Waals surface area contributed by atoms with E-state index >= 15 is 0 Å². The van der Waals surface area contributed by atoms with Gasteiger partial charge in [-0.1, -0.05) is 146 Å². The number of rotatable bonds is 6. The molecule has 0 bridgehead atoms. The van der Waals surface area contributed by atoms with E-state index in [2.05, 4.69) is 65.6 Å². The minimum absolute atomic E-state index is 0.604. The molecule has 0 unspecified atom stereocenters. The van der Waals surface area contributed by atoms with Crippen LogP contribution in [0.3, 0.4) is 0 Å². The highest BCUT2D eigenvalue weighted by Crippen LogP contribution is 2.35. The second-order valence-corrected chi connectivity index (χ2v) is 12.0. The first-order valence-corrected chi connectivity index (χ1v) is 16.5. The molecule has 3 heterocycles. The third-order valence-corrected chi connectivity index (χ3v) is 8.79. The summed E-state index contributed by atoms with van der Waals surface area (Å²) in [6, 6.07) is 55.1. The van der Waals surface area contributed by atoms with E-state index in [9.17, 15) is 0 Å². The van der Waals surface area contributed by atoms with E-state index in [0.717, 1.165) is 72.3 Å². The fraction of sp³-hybridized carbons (Fsp3) is 0. The van der Waals surface area contributed by atoms with Crippen LogP contribution in [-0.4, -0.2) is 29.9 Å². The summed E-state index contributed by atoms with van der Waals surface area (Å²) in [7, 11) is 0. The van der Waals surface area contributed by atoms with E-state index in [1.54, 1.807) is 0 Å². The van der Waals surface area contributed by atoms with E-state index < -0.39 is 0 Å². The molecule has 0 radical (unpaired) electrons. The van der Waals surface area contributed by atoms with Gasteiger partial charge >= 0.3 is 0 Å². The predicted molar refractivity (Wildman–Crippen MR) is 201 cm³/mol. The third kappa shape index (κ3) is 5.55. The Kier molecular flexibility index (Phi) is 7.37. The molecule has 6 aromatic carbocycles. The topological polar surface area (TPSA) is 77.3 Å². The van der Waals surface area contributed by atoms with Crippen molar-refractivity contribution in [1.29, 1.82) is 0 Å². The Morgan fingerprint density at radius 3 is 1.28 bits per heavy atom. The highest BCUT2D eigenvalue weighted by atomic mass is 15.0. The van der Waals surface area contributed by atoms with Crippen molar-refractivity contribution < 1.29 is 0 Å². The standard InChI is InChI=1S/C44H28N6/c1-3-11-33(12-4-1)42-48-43(34-13-5-2-6-14-34)50-44(49-42)35-26-24-32(25-27-35)41-40(46-37-18-7-8-19-38(37)47-41)31-22-20-29(21-23-31)36-17-9-15-30-16-10-28-45-39(30)36/h1-28H. The van der Waals surface area contributed by atoms with Crippen molar-refractivity contribution in [2.45, 2.75) is 0 Å². The number of hydrogen-bond acceptors (Lipinski definition) is 6. The van der Waals surface area contributed by atoms with Crippen LogP contribution in [-0.2, 0) is 0 Å². The average molecular weight is 641 g/mol. The van der Waals surface area contributed by atoms with Crippen LogP contribution in [0.5, 0.6) is 0 Å². The van der Waals surface area contributed by atoms with Gasteiger partial charge in [-0.2, -0.15) is 0 Å². The van der Waals surface area contributed by atoms with Gasteiger partial charge in [0.05, 0.1) is 27.9 Å². The highest BCUT2D eigenvalue weighted by molar-refractivity contribution is 5.94. The monoisotopic (exact) mass is 640 g/mol. The number of fused-ring (bicyclic) bond motifs is 2. The lowest BCUT2D eigenvalue weighted by atomic mass is 9.98. The second-order valence-electron chi connectivity index (χ2n) is 12.0. The zero-order valence-electron chi connectivity index (χ0n) is 26.8. The summed E-state index contributed by atoms with van der Waals surface area (Å²) in [5.74, 6) is 1.86. The summed E-state index contributed by atoms with van der Waals surface area (Å²) < 4.78 is 0.